The molecule has 4 rings (SSSR count). The molecule has 2 aliphatic rings. The van der Waals surface area contributed by atoms with Gasteiger partial charge in [0.15, 0.2) is 6.10 Å². The number of benzene rings is 2. The summed E-state index contributed by atoms with van der Waals surface area (Å²) in [6.07, 6.45) is 4.00. The molecule has 0 aliphatic carbocycles. The Balaban J connectivity index is 1.45. The number of piperidine rings is 1. The predicted molar refractivity (Wildman–Crippen MR) is 110 cm³/mol. The molecule has 148 valence electrons. The highest BCUT2D eigenvalue weighted by Crippen LogP contribution is 2.35. The van der Waals surface area contributed by atoms with E-state index in [0.717, 1.165) is 18.4 Å². The van der Waals surface area contributed by atoms with Crippen LogP contribution in [-0.4, -0.2) is 42.2 Å². The predicted octanol–water partition coefficient (Wildman–Crippen LogP) is 4.50. The van der Waals surface area contributed by atoms with E-state index in [0.29, 0.717) is 29.3 Å². The van der Waals surface area contributed by atoms with Crippen LogP contribution in [0.1, 0.15) is 31.2 Å². The highest BCUT2D eigenvalue weighted by atomic mass is 35.5. The Morgan fingerprint density at radius 2 is 1.71 bits per heavy atom. The second kappa shape index (κ2) is 8.54. The van der Waals surface area contributed by atoms with Gasteiger partial charge in [-0.3, -0.25) is 0 Å². The van der Waals surface area contributed by atoms with E-state index < -0.39 is 6.10 Å². The Labute approximate surface area is 171 Å². The van der Waals surface area contributed by atoms with Crippen molar-refractivity contribution >= 4 is 17.6 Å². The average Bonchev–Trinajstić information content (AvgIpc) is 2.91. The smallest absolute Gasteiger partial charge is 0.347 e. The maximum Gasteiger partial charge on any atom is 0.347 e. The third-order valence-electron chi connectivity index (χ3n) is 5.96. The maximum atomic E-state index is 13.0. The summed E-state index contributed by atoms with van der Waals surface area (Å²) < 4.78 is 12.0. The second-order valence-corrected chi connectivity index (χ2v) is 8.27. The van der Waals surface area contributed by atoms with E-state index >= 15 is 0 Å². The molecule has 0 radical (unpaired) electrons. The van der Waals surface area contributed by atoms with Crippen LogP contribution in [0.2, 0.25) is 5.02 Å². The van der Waals surface area contributed by atoms with Crippen LogP contribution in [-0.2, 0) is 16.0 Å². The lowest BCUT2D eigenvalue weighted by atomic mass is 10.0. The SMILES string of the molecule is CN1[C@@H]2CC[C@H]1CC(OC(=O)C(Cc1ccccc1)Oc1ccc(Cl)cc1)C2. The van der Waals surface area contributed by atoms with Gasteiger partial charge < -0.3 is 14.4 Å². The monoisotopic (exact) mass is 399 g/mol. The molecule has 0 saturated carbocycles. The summed E-state index contributed by atoms with van der Waals surface area (Å²) in [5, 5.41) is 0.635. The molecular weight excluding hydrogens is 374 g/mol. The average molecular weight is 400 g/mol. The van der Waals surface area contributed by atoms with Crippen molar-refractivity contribution in [3.05, 3.63) is 65.2 Å². The Bertz CT molecular complexity index is 781. The number of ether oxygens (including phenoxy) is 2. The molecule has 4 atom stereocenters. The van der Waals surface area contributed by atoms with Crippen LogP contribution in [0.25, 0.3) is 0 Å². The quantitative estimate of drug-likeness (QED) is 0.670. The number of rotatable bonds is 6. The number of hydrogen-bond donors (Lipinski definition) is 0. The molecule has 0 aromatic heterocycles. The van der Waals surface area contributed by atoms with E-state index in [1.165, 1.54) is 12.8 Å². The molecule has 2 bridgehead atoms. The second-order valence-electron chi connectivity index (χ2n) is 7.83. The summed E-state index contributed by atoms with van der Waals surface area (Å²) in [6, 6.07) is 18.0. The fraction of sp³-hybridized carbons (Fsp3) is 0.435. The Morgan fingerprint density at radius 3 is 2.36 bits per heavy atom. The van der Waals surface area contributed by atoms with E-state index in [1.54, 1.807) is 24.3 Å². The lowest BCUT2D eigenvalue weighted by Gasteiger charge is -2.36. The standard InChI is InChI=1S/C23H26ClNO3/c1-25-18-9-10-19(25)15-21(14-18)28-23(26)22(13-16-5-3-2-4-6-16)27-20-11-7-17(24)8-12-20/h2-8,11-12,18-19,21-22H,9-10,13-15H2,1H3/t18-,19+,21?,22?. The van der Waals surface area contributed by atoms with Gasteiger partial charge in [0, 0.05) is 23.5 Å². The van der Waals surface area contributed by atoms with E-state index in [-0.39, 0.29) is 12.1 Å². The zero-order valence-electron chi connectivity index (χ0n) is 16.1. The third-order valence-corrected chi connectivity index (χ3v) is 6.21. The van der Waals surface area contributed by atoms with E-state index in [9.17, 15) is 4.79 Å². The van der Waals surface area contributed by atoms with Gasteiger partial charge in [0.05, 0.1) is 0 Å². The zero-order valence-corrected chi connectivity index (χ0v) is 16.8. The fourth-order valence-electron chi connectivity index (χ4n) is 4.38. The van der Waals surface area contributed by atoms with Crippen LogP contribution in [0.5, 0.6) is 5.75 Å². The van der Waals surface area contributed by atoms with Gasteiger partial charge in [-0.15, -0.1) is 0 Å². The van der Waals surface area contributed by atoms with Crippen molar-refractivity contribution in [1.29, 1.82) is 0 Å². The molecule has 4 nitrogen and oxygen atoms in total. The first-order valence-electron chi connectivity index (χ1n) is 9.97. The number of carbonyl (C=O) groups excluding carboxylic acids is 1. The van der Waals surface area contributed by atoms with Gasteiger partial charge in [0.2, 0.25) is 0 Å². The molecule has 0 N–H and O–H groups in total. The first kappa shape index (κ1) is 19.3. The highest BCUT2D eigenvalue weighted by molar-refractivity contribution is 6.30. The van der Waals surface area contributed by atoms with Crippen LogP contribution < -0.4 is 4.74 Å². The zero-order chi connectivity index (χ0) is 19.5. The van der Waals surface area contributed by atoms with E-state index in [4.69, 9.17) is 21.1 Å². The van der Waals surface area contributed by atoms with E-state index in [2.05, 4.69) is 11.9 Å². The van der Waals surface area contributed by atoms with Gasteiger partial charge in [-0.05, 0) is 62.6 Å². The molecule has 2 aromatic rings. The summed E-state index contributed by atoms with van der Waals surface area (Å²) >= 11 is 5.96. The lowest BCUT2D eigenvalue weighted by molar-refractivity contribution is -0.160. The Kier molecular flexibility index (Phi) is 5.88. The first-order valence-corrected chi connectivity index (χ1v) is 10.3. The van der Waals surface area contributed by atoms with Crippen molar-refractivity contribution < 1.29 is 14.3 Å². The summed E-state index contributed by atoms with van der Waals surface area (Å²) in [4.78, 5) is 15.5. The third kappa shape index (κ3) is 4.50. The molecule has 0 amide bonds. The van der Waals surface area contributed by atoms with Gasteiger partial charge in [-0.1, -0.05) is 41.9 Å². The largest absolute Gasteiger partial charge is 0.478 e. The van der Waals surface area contributed by atoms with Crippen molar-refractivity contribution in [1.82, 2.24) is 4.90 Å². The van der Waals surface area contributed by atoms with Gasteiger partial charge in [-0.2, -0.15) is 0 Å². The van der Waals surface area contributed by atoms with Crippen LogP contribution in [0.4, 0.5) is 0 Å². The van der Waals surface area contributed by atoms with Crippen molar-refractivity contribution in [2.75, 3.05) is 7.05 Å². The van der Waals surface area contributed by atoms with Crippen molar-refractivity contribution in [3.8, 4) is 5.75 Å². The minimum absolute atomic E-state index is 0.0201. The van der Waals surface area contributed by atoms with Crippen LogP contribution in [0.15, 0.2) is 54.6 Å². The number of esters is 1. The topological polar surface area (TPSA) is 38.8 Å². The minimum atomic E-state index is -0.680. The molecule has 2 heterocycles. The molecule has 5 heteroatoms. The normalized spacial score (nSPS) is 25.3. The molecule has 0 spiro atoms. The molecule has 28 heavy (non-hydrogen) atoms. The summed E-state index contributed by atoms with van der Waals surface area (Å²) in [6.45, 7) is 0. The molecule has 2 aromatic carbocycles. The molecule has 2 aliphatic heterocycles. The van der Waals surface area contributed by atoms with Gasteiger partial charge >= 0.3 is 5.97 Å². The number of fused-ring (bicyclic) bond motifs is 2. The number of carbonyl (C=O) groups is 1. The van der Waals surface area contributed by atoms with Gasteiger partial charge in [0.25, 0.3) is 0 Å². The van der Waals surface area contributed by atoms with Crippen molar-refractivity contribution in [3.63, 3.8) is 0 Å². The van der Waals surface area contributed by atoms with Crippen LogP contribution in [0.3, 0.4) is 0 Å². The minimum Gasteiger partial charge on any atom is -0.478 e. The van der Waals surface area contributed by atoms with Crippen LogP contribution in [0, 0.1) is 0 Å². The van der Waals surface area contributed by atoms with E-state index in [1.807, 2.05) is 30.3 Å². The Morgan fingerprint density at radius 1 is 1.07 bits per heavy atom. The molecular formula is C23H26ClNO3. The number of hydrogen-bond acceptors (Lipinski definition) is 4. The van der Waals surface area contributed by atoms with Gasteiger partial charge in [0.1, 0.15) is 11.9 Å². The summed E-state index contributed by atoms with van der Waals surface area (Å²) in [5.41, 5.74) is 1.04. The fourth-order valence-corrected chi connectivity index (χ4v) is 4.50. The molecule has 2 saturated heterocycles. The first-order chi connectivity index (χ1) is 13.6. The summed E-state index contributed by atoms with van der Waals surface area (Å²) in [5.74, 6) is 0.332. The highest BCUT2D eigenvalue weighted by Gasteiger charge is 2.40. The number of halogens is 1. The maximum absolute atomic E-state index is 13.0. The Hall–Kier alpha value is -2.04. The van der Waals surface area contributed by atoms with Crippen molar-refractivity contribution in [2.24, 2.45) is 0 Å². The molecule has 2 fully saturated rings. The van der Waals surface area contributed by atoms with Crippen molar-refractivity contribution in [2.45, 2.75) is 56.4 Å². The lowest BCUT2D eigenvalue weighted by Crippen LogP contribution is -2.45. The molecule has 2 unspecified atom stereocenters. The van der Waals surface area contributed by atoms with Crippen LogP contribution >= 0.6 is 11.6 Å². The summed E-state index contributed by atoms with van der Waals surface area (Å²) in [7, 11) is 2.18. The number of nitrogens with zero attached hydrogens (tertiary/aromatic N) is 1. The van der Waals surface area contributed by atoms with Gasteiger partial charge in [-0.25, -0.2) is 4.79 Å².